The van der Waals surface area contributed by atoms with Gasteiger partial charge in [0.1, 0.15) is 22.5 Å². The Morgan fingerprint density at radius 3 is 2.15 bits per heavy atom. The SMILES string of the molecule is [2H]C([2H])([2H])c1cccc2c1oc1cc3c(nc12)oc1c(-c2nc4ccccc4n2-c2c(C(C)C)cc(-c4ccccc4)cc2C(C)C)cccc13. The lowest BCUT2D eigenvalue weighted by atomic mass is 9.88. The average Bonchev–Trinajstić information content (AvgIpc) is 3.80. The average molecular weight is 629 g/mol. The largest absolute Gasteiger partial charge is 0.454 e. The molecule has 0 aliphatic carbocycles. The summed E-state index contributed by atoms with van der Waals surface area (Å²) in [6.45, 7) is 6.70. The third-order valence-electron chi connectivity index (χ3n) is 9.48. The molecule has 0 radical (unpaired) electrons. The van der Waals surface area contributed by atoms with Crippen LogP contribution in [0.25, 0.3) is 83.4 Å². The molecule has 0 unspecified atom stereocenters. The molecule has 0 saturated heterocycles. The first-order valence-corrected chi connectivity index (χ1v) is 16.5. The number of aromatic nitrogens is 3. The van der Waals surface area contributed by atoms with E-state index in [0.717, 1.165) is 38.9 Å². The lowest BCUT2D eigenvalue weighted by Gasteiger charge is -2.24. The third-order valence-corrected chi connectivity index (χ3v) is 9.48. The van der Waals surface area contributed by atoms with Crippen LogP contribution in [-0.4, -0.2) is 14.5 Å². The number of fused-ring (bicyclic) bond motifs is 7. The normalized spacial score (nSPS) is 13.4. The molecular formula is C43H35N3O2. The van der Waals surface area contributed by atoms with E-state index in [9.17, 15) is 0 Å². The van der Waals surface area contributed by atoms with Gasteiger partial charge in [0.25, 0.3) is 0 Å². The molecule has 4 heterocycles. The van der Waals surface area contributed by atoms with E-state index in [1.165, 1.54) is 22.3 Å². The van der Waals surface area contributed by atoms with Crippen LogP contribution < -0.4 is 0 Å². The predicted octanol–water partition coefficient (Wildman–Crippen LogP) is 12.1. The Balaban J connectivity index is 1.32. The van der Waals surface area contributed by atoms with Crippen LogP contribution >= 0.6 is 0 Å². The summed E-state index contributed by atoms with van der Waals surface area (Å²) in [4.78, 5) is 10.2. The highest BCUT2D eigenvalue weighted by Crippen LogP contribution is 2.43. The number of hydrogen-bond donors (Lipinski definition) is 0. The Kier molecular flexibility index (Phi) is 5.65. The van der Waals surface area contributed by atoms with E-state index in [2.05, 4.69) is 99.0 Å². The maximum absolute atomic E-state index is 8.03. The second-order valence-electron chi connectivity index (χ2n) is 13.2. The summed E-state index contributed by atoms with van der Waals surface area (Å²) in [7, 11) is 0. The molecule has 5 aromatic carbocycles. The fourth-order valence-corrected chi connectivity index (χ4v) is 7.14. The van der Waals surface area contributed by atoms with E-state index in [0.29, 0.717) is 33.4 Å². The second kappa shape index (κ2) is 10.7. The number of rotatable bonds is 5. The molecule has 0 fully saturated rings. The van der Waals surface area contributed by atoms with Gasteiger partial charge in [-0.15, -0.1) is 0 Å². The van der Waals surface area contributed by atoms with E-state index in [1.54, 1.807) is 12.1 Å². The van der Waals surface area contributed by atoms with Crippen LogP contribution in [-0.2, 0) is 0 Å². The highest BCUT2D eigenvalue weighted by atomic mass is 16.3. The van der Waals surface area contributed by atoms with Gasteiger partial charge in [0, 0.05) is 14.9 Å². The summed E-state index contributed by atoms with van der Waals surface area (Å²) in [6, 6.07) is 36.7. The first-order valence-electron chi connectivity index (χ1n) is 18.0. The number of imidazole rings is 1. The van der Waals surface area contributed by atoms with Gasteiger partial charge in [-0.25, -0.2) is 9.97 Å². The van der Waals surface area contributed by atoms with Gasteiger partial charge in [-0.1, -0.05) is 94.4 Å². The molecule has 4 aromatic heterocycles. The third kappa shape index (κ3) is 4.24. The zero-order chi connectivity index (χ0) is 35.2. The minimum Gasteiger partial charge on any atom is -0.454 e. The van der Waals surface area contributed by atoms with Gasteiger partial charge >= 0.3 is 0 Å². The van der Waals surface area contributed by atoms with Gasteiger partial charge in [-0.2, -0.15) is 0 Å². The molecule has 0 spiro atoms. The van der Waals surface area contributed by atoms with Crippen LogP contribution in [0, 0.1) is 6.85 Å². The van der Waals surface area contributed by atoms with E-state index >= 15 is 0 Å². The maximum atomic E-state index is 8.03. The Morgan fingerprint density at radius 2 is 1.38 bits per heavy atom. The first kappa shape index (κ1) is 25.4. The van der Waals surface area contributed by atoms with Crippen molar-refractivity contribution in [1.29, 1.82) is 0 Å². The quantitative estimate of drug-likeness (QED) is 0.190. The minimum atomic E-state index is -2.31. The molecule has 9 aromatic rings. The van der Waals surface area contributed by atoms with Crippen molar-refractivity contribution in [3.63, 3.8) is 0 Å². The number of aryl methyl sites for hydroxylation is 1. The number of pyridine rings is 1. The number of nitrogens with zero attached hydrogens (tertiary/aromatic N) is 3. The summed E-state index contributed by atoms with van der Waals surface area (Å²) < 4.78 is 39.3. The summed E-state index contributed by atoms with van der Waals surface area (Å²) in [5, 5.41) is 2.30. The molecule has 5 heteroatoms. The van der Waals surface area contributed by atoms with Crippen LogP contribution in [0.5, 0.6) is 0 Å². The minimum absolute atomic E-state index is 0.166. The van der Waals surface area contributed by atoms with Crippen LogP contribution in [0.4, 0.5) is 0 Å². The van der Waals surface area contributed by atoms with Crippen LogP contribution in [0.1, 0.15) is 60.3 Å². The molecule has 5 nitrogen and oxygen atoms in total. The summed E-state index contributed by atoms with van der Waals surface area (Å²) in [5.74, 6) is 1.25. The summed E-state index contributed by atoms with van der Waals surface area (Å²) in [5.41, 5.74) is 11.5. The van der Waals surface area contributed by atoms with E-state index < -0.39 is 6.85 Å². The molecule has 0 N–H and O–H groups in total. The van der Waals surface area contributed by atoms with Gasteiger partial charge in [0.05, 0.1) is 27.7 Å². The molecular weight excluding hydrogens is 590 g/mol. The van der Waals surface area contributed by atoms with Crippen LogP contribution in [0.3, 0.4) is 0 Å². The van der Waals surface area contributed by atoms with Crippen molar-refractivity contribution in [3.05, 3.63) is 126 Å². The summed E-state index contributed by atoms with van der Waals surface area (Å²) >= 11 is 0. The topological polar surface area (TPSA) is 57.0 Å². The lowest BCUT2D eigenvalue weighted by Crippen LogP contribution is -2.09. The van der Waals surface area contributed by atoms with Gasteiger partial charge in [0.2, 0.25) is 5.71 Å². The van der Waals surface area contributed by atoms with Crippen molar-refractivity contribution in [2.24, 2.45) is 0 Å². The molecule has 0 atom stereocenters. The molecule has 48 heavy (non-hydrogen) atoms. The number of benzene rings is 5. The van der Waals surface area contributed by atoms with Crippen molar-refractivity contribution in [1.82, 2.24) is 14.5 Å². The lowest BCUT2D eigenvalue weighted by molar-refractivity contribution is 0.652. The smallest absolute Gasteiger partial charge is 0.228 e. The molecule has 0 saturated carbocycles. The maximum Gasteiger partial charge on any atom is 0.228 e. The summed E-state index contributed by atoms with van der Waals surface area (Å²) in [6.07, 6.45) is 0. The Bertz CT molecular complexity index is 2780. The molecule has 0 aliphatic rings. The van der Waals surface area contributed by atoms with Gasteiger partial charge < -0.3 is 8.83 Å². The standard InChI is InChI=1S/C43H35N3O2/c1-24(2)32-21-28(27-14-7-6-8-15-27)22-33(25(3)4)39(32)46-36-20-10-9-19-35(36)44-42(46)31-18-12-16-29-34-23-37-38(45-43(34)48-41(29)31)30-17-11-13-26(5)40(30)47-37/h6-25H,1-5H3/i5D3. The number of para-hydroxylation sites is 4. The van der Waals surface area contributed by atoms with Crippen molar-refractivity contribution < 1.29 is 12.9 Å². The van der Waals surface area contributed by atoms with Crippen molar-refractivity contribution in [2.45, 2.75) is 46.4 Å². The Hall–Kier alpha value is -5.68. The fourth-order valence-electron chi connectivity index (χ4n) is 7.14. The van der Waals surface area contributed by atoms with Gasteiger partial charge in [-0.05, 0) is 89.0 Å². The first-order chi connectivity index (χ1) is 24.6. The second-order valence-corrected chi connectivity index (χ2v) is 13.2. The van der Waals surface area contributed by atoms with Gasteiger partial charge in [-0.3, -0.25) is 4.57 Å². The Labute approximate surface area is 282 Å². The van der Waals surface area contributed by atoms with Crippen molar-refractivity contribution in [2.75, 3.05) is 0 Å². The number of furan rings is 2. The van der Waals surface area contributed by atoms with E-state index in [4.69, 9.17) is 22.9 Å². The molecule has 0 bridgehead atoms. The van der Waals surface area contributed by atoms with Crippen molar-refractivity contribution in [3.8, 4) is 28.2 Å². The highest BCUT2D eigenvalue weighted by Gasteiger charge is 2.26. The molecule has 0 aliphatic heterocycles. The van der Waals surface area contributed by atoms with Crippen LogP contribution in [0.15, 0.2) is 118 Å². The monoisotopic (exact) mass is 628 g/mol. The Morgan fingerprint density at radius 1 is 0.646 bits per heavy atom. The predicted molar refractivity (Wildman–Crippen MR) is 197 cm³/mol. The molecule has 234 valence electrons. The zero-order valence-corrected chi connectivity index (χ0v) is 27.2. The molecule has 9 rings (SSSR count). The fraction of sp³-hybridized carbons (Fsp3) is 0.163. The highest BCUT2D eigenvalue weighted by molar-refractivity contribution is 6.14. The molecule has 0 amide bonds. The van der Waals surface area contributed by atoms with Crippen molar-refractivity contribution >= 4 is 55.2 Å². The zero-order valence-electron chi connectivity index (χ0n) is 30.2. The number of hydrogen-bond acceptors (Lipinski definition) is 4. The van der Waals surface area contributed by atoms with Gasteiger partial charge in [0.15, 0.2) is 5.58 Å². The van der Waals surface area contributed by atoms with E-state index in [1.807, 2.05) is 30.3 Å². The van der Waals surface area contributed by atoms with E-state index in [-0.39, 0.29) is 17.4 Å². The van der Waals surface area contributed by atoms with Crippen LogP contribution in [0.2, 0.25) is 0 Å².